The van der Waals surface area contributed by atoms with Crippen molar-refractivity contribution in [2.24, 2.45) is 4.99 Å². The largest absolute Gasteiger partial charge is 0.341 e. The number of carbonyl (C=O) groups is 2. The number of benzene rings is 4. The molecule has 4 aromatic carbocycles. The van der Waals surface area contributed by atoms with Gasteiger partial charge in [0, 0.05) is 74.2 Å². The van der Waals surface area contributed by atoms with Gasteiger partial charge in [-0.05, 0) is 80.1 Å². The predicted octanol–water partition coefficient (Wildman–Crippen LogP) is 8.44. The number of aliphatic imine (C=N–C) groups is 1. The van der Waals surface area contributed by atoms with Crippen molar-refractivity contribution in [2.45, 2.75) is 31.7 Å². The van der Waals surface area contributed by atoms with Crippen LogP contribution < -0.4 is 0 Å². The number of nitrogens with zero attached hydrogens (tertiary/aromatic N) is 2. The number of hydrogen-bond acceptors (Lipinski definition) is 4. The van der Waals surface area contributed by atoms with E-state index in [1.165, 1.54) is 0 Å². The fourth-order valence-electron chi connectivity index (χ4n) is 5.00. The Kier molecular flexibility index (Phi) is 8.01. The molecule has 0 aliphatic carbocycles. The highest BCUT2D eigenvalue weighted by atomic mass is 35.5. The molecule has 1 heterocycles. The first-order chi connectivity index (χ1) is 18.9. The molecule has 0 saturated carbocycles. The number of Topliss-reactive ketones (excluding diaryl/α,β-unsaturated/α-hetero) is 1. The lowest BCUT2D eigenvalue weighted by Gasteiger charge is -2.07. The molecule has 0 atom stereocenters. The van der Waals surface area contributed by atoms with E-state index in [9.17, 15) is 9.59 Å². The van der Waals surface area contributed by atoms with Crippen molar-refractivity contribution in [3.05, 3.63) is 112 Å². The smallest absolute Gasteiger partial charge is 0.206 e. The summed E-state index contributed by atoms with van der Waals surface area (Å²) in [6.07, 6.45) is 0.562. The molecule has 0 saturated heterocycles. The number of ketones is 2. The van der Waals surface area contributed by atoms with Crippen molar-refractivity contribution in [1.82, 2.24) is 4.57 Å². The molecule has 0 fully saturated rings. The van der Waals surface area contributed by atoms with Crippen molar-refractivity contribution in [2.75, 3.05) is 12.8 Å². The van der Waals surface area contributed by atoms with Crippen molar-refractivity contribution >= 4 is 62.4 Å². The molecule has 5 aromatic rings. The molecule has 5 rings (SSSR count). The Balaban J connectivity index is 1.46. The fourth-order valence-corrected chi connectivity index (χ4v) is 5.99. The molecule has 4 nitrogen and oxygen atoms in total. The summed E-state index contributed by atoms with van der Waals surface area (Å²) < 4.78 is 2.22. The van der Waals surface area contributed by atoms with Gasteiger partial charge < -0.3 is 4.57 Å². The van der Waals surface area contributed by atoms with E-state index in [0.717, 1.165) is 44.6 Å². The van der Waals surface area contributed by atoms with Gasteiger partial charge in [-0.15, -0.1) is 11.8 Å². The van der Waals surface area contributed by atoms with E-state index in [1.807, 2.05) is 91.9 Å². The van der Waals surface area contributed by atoms with Gasteiger partial charge in [0.1, 0.15) is 0 Å². The van der Waals surface area contributed by atoms with E-state index >= 15 is 0 Å². The Morgan fingerprint density at radius 3 is 2.15 bits per heavy atom. The first-order valence-electron chi connectivity index (χ1n) is 13.0. The summed E-state index contributed by atoms with van der Waals surface area (Å²) in [6.45, 7) is 4.83. The summed E-state index contributed by atoms with van der Waals surface area (Å²) in [6, 6.07) is 27.0. The third-order valence-electron chi connectivity index (χ3n) is 7.05. The molecule has 6 heteroatoms. The molecule has 0 aliphatic heterocycles. The molecule has 0 unspecified atom stereocenters. The number of aryl methyl sites for hydroxylation is 2. The normalized spacial score (nSPS) is 11.8. The van der Waals surface area contributed by atoms with Gasteiger partial charge in [0.25, 0.3) is 0 Å². The lowest BCUT2D eigenvalue weighted by molar-refractivity contribution is 0.103. The molecule has 1 aromatic heterocycles. The van der Waals surface area contributed by atoms with Gasteiger partial charge in [-0.1, -0.05) is 35.9 Å². The summed E-state index contributed by atoms with van der Waals surface area (Å²) in [5.74, 6) is 0.667. The van der Waals surface area contributed by atoms with Crippen LogP contribution in [0.1, 0.15) is 45.2 Å². The van der Waals surface area contributed by atoms with E-state index in [-0.39, 0.29) is 11.6 Å². The Bertz CT molecular complexity index is 1730. The minimum Gasteiger partial charge on any atom is -0.341 e. The van der Waals surface area contributed by atoms with Crippen LogP contribution in [0.25, 0.3) is 21.8 Å². The Morgan fingerprint density at radius 2 is 1.51 bits per heavy atom. The SMILES string of the molecule is CCn1c2ccc(C(=O)C(CCSc3ccc(Cl)cc3)=NC)cc2c2cc(C(=O)c3ccccc3C)ccc21. The Hall–Kier alpha value is -3.67. The van der Waals surface area contributed by atoms with Crippen LogP contribution in [0.4, 0.5) is 0 Å². The fraction of sp³-hybridized carbons (Fsp3) is 0.182. The van der Waals surface area contributed by atoms with Crippen LogP contribution in [-0.4, -0.2) is 34.6 Å². The van der Waals surface area contributed by atoms with Crippen LogP contribution in [-0.2, 0) is 6.54 Å². The van der Waals surface area contributed by atoms with E-state index in [1.54, 1.807) is 18.8 Å². The Morgan fingerprint density at radius 1 is 0.872 bits per heavy atom. The van der Waals surface area contributed by atoms with Gasteiger partial charge in [0.05, 0.1) is 5.71 Å². The highest BCUT2D eigenvalue weighted by molar-refractivity contribution is 7.99. The molecule has 0 radical (unpaired) electrons. The maximum Gasteiger partial charge on any atom is 0.206 e. The number of halogens is 1. The van der Waals surface area contributed by atoms with Gasteiger partial charge in [-0.3, -0.25) is 14.6 Å². The first kappa shape index (κ1) is 26.9. The van der Waals surface area contributed by atoms with Gasteiger partial charge in [-0.25, -0.2) is 0 Å². The summed E-state index contributed by atoms with van der Waals surface area (Å²) in [4.78, 5) is 32.3. The van der Waals surface area contributed by atoms with Gasteiger partial charge in [0.15, 0.2) is 5.78 Å². The number of rotatable bonds is 9. The quantitative estimate of drug-likeness (QED) is 0.105. The highest BCUT2D eigenvalue weighted by Crippen LogP contribution is 2.32. The summed E-state index contributed by atoms with van der Waals surface area (Å²) in [5.41, 5.74) is 5.52. The van der Waals surface area contributed by atoms with Crippen LogP contribution in [0, 0.1) is 6.92 Å². The van der Waals surface area contributed by atoms with Crippen molar-refractivity contribution in [3.63, 3.8) is 0 Å². The predicted molar refractivity (Wildman–Crippen MR) is 164 cm³/mol. The average Bonchev–Trinajstić information content (AvgIpc) is 3.28. The average molecular weight is 553 g/mol. The van der Waals surface area contributed by atoms with E-state index in [0.29, 0.717) is 33.8 Å². The number of aromatic nitrogens is 1. The number of hydrogen-bond donors (Lipinski definition) is 0. The molecule has 0 spiro atoms. The zero-order valence-corrected chi connectivity index (χ0v) is 23.8. The maximum atomic E-state index is 13.5. The summed E-state index contributed by atoms with van der Waals surface area (Å²) >= 11 is 7.66. The van der Waals surface area contributed by atoms with E-state index < -0.39 is 0 Å². The molecule has 39 heavy (non-hydrogen) atoms. The second kappa shape index (κ2) is 11.6. The second-order valence-electron chi connectivity index (χ2n) is 9.40. The van der Waals surface area contributed by atoms with Crippen molar-refractivity contribution in [3.8, 4) is 0 Å². The molecular formula is C33H29ClN2O2S. The molecular weight excluding hydrogens is 524 g/mol. The zero-order valence-electron chi connectivity index (χ0n) is 22.2. The second-order valence-corrected chi connectivity index (χ2v) is 11.0. The number of carbonyl (C=O) groups excluding carboxylic acids is 2. The van der Waals surface area contributed by atoms with Crippen LogP contribution >= 0.6 is 23.4 Å². The molecule has 0 bridgehead atoms. The van der Waals surface area contributed by atoms with Crippen molar-refractivity contribution < 1.29 is 9.59 Å². The van der Waals surface area contributed by atoms with Crippen molar-refractivity contribution in [1.29, 1.82) is 0 Å². The third-order valence-corrected chi connectivity index (χ3v) is 8.31. The van der Waals surface area contributed by atoms with E-state index in [2.05, 4.69) is 16.5 Å². The van der Waals surface area contributed by atoms with Gasteiger partial charge >= 0.3 is 0 Å². The van der Waals surface area contributed by atoms with Crippen LogP contribution in [0.2, 0.25) is 5.02 Å². The molecule has 0 aliphatic rings. The summed E-state index contributed by atoms with van der Waals surface area (Å²) in [5, 5.41) is 2.63. The third kappa shape index (κ3) is 5.42. The topological polar surface area (TPSA) is 51.4 Å². The standard InChI is InChI=1S/C33H29ClN2O2S/c1-4-36-30-15-9-22(32(37)26-8-6-5-7-21(26)2)19-27(30)28-20-23(10-16-31(28)36)33(38)29(35-3)17-18-39-25-13-11-24(34)12-14-25/h5-16,19-20H,4,17-18H2,1-3H3. The van der Waals surface area contributed by atoms with Gasteiger partial charge in [-0.2, -0.15) is 0 Å². The minimum absolute atomic E-state index is 0.00165. The number of fused-ring (bicyclic) bond motifs is 3. The lowest BCUT2D eigenvalue weighted by atomic mass is 9.97. The highest BCUT2D eigenvalue weighted by Gasteiger charge is 2.19. The molecule has 0 amide bonds. The van der Waals surface area contributed by atoms with E-state index in [4.69, 9.17) is 11.6 Å². The monoisotopic (exact) mass is 552 g/mol. The van der Waals surface area contributed by atoms with Crippen LogP contribution in [0.15, 0.2) is 94.8 Å². The van der Waals surface area contributed by atoms with Crippen LogP contribution in [0.3, 0.4) is 0 Å². The lowest BCUT2D eigenvalue weighted by Crippen LogP contribution is -2.15. The zero-order chi connectivity index (χ0) is 27.5. The molecule has 0 N–H and O–H groups in total. The van der Waals surface area contributed by atoms with Gasteiger partial charge in [0.2, 0.25) is 5.78 Å². The first-order valence-corrected chi connectivity index (χ1v) is 14.3. The van der Waals surface area contributed by atoms with Crippen LogP contribution in [0.5, 0.6) is 0 Å². The molecule has 196 valence electrons. The maximum absolute atomic E-state index is 13.5. The minimum atomic E-state index is -0.0688. The summed E-state index contributed by atoms with van der Waals surface area (Å²) in [7, 11) is 1.67. The number of thioether (sulfide) groups is 1. The Labute approximate surface area is 237 Å².